The minimum absolute atomic E-state index is 0.498. The minimum Gasteiger partial charge on any atom is -0.437 e. The number of rotatable bonds is 1. The summed E-state index contributed by atoms with van der Waals surface area (Å²) in [6.45, 7) is 1.71. The second kappa shape index (κ2) is 4.66. The summed E-state index contributed by atoms with van der Waals surface area (Å²) in [5, 5.41) is 12.6. The summed E-state index contributed by atoms with van der Waals surface area (Å²) in [7, 11) is 0. The number of anilines is 1. The van der Waals surface area contributed by atoms with E-state index in [-0.39, 0.29) is 0 Å². The lowest BCUT2D eigenvalue weighted by Crippen LogP contribution is -2.74. The number of hydrogen-bond acceptors (Lipinski definition) is 4. The number of carbonyl (C=O) groups is 1. The summed E-state index contributed by atoms with van der Waals surface area (Å²) in [5.41, 5.74) is 1.26. The minimum atomic E-state index is -1.28. The molecule has 5 nitrogen and oxygen atoms in total. The van der Waals surface area contributed by atoms with Crippen molar-refractivity contribution in [2.45, 2.75) is 50.4 Å². The molecule has 108 valence electrons. The number of hydrogen-bond donors (Lipinski definition) is 2. The third kappa shape index (κ3) is 1.93. The normalized spacial score (nSPS) is 28.9. The number of ether oxygens (including phenoxy) is 1. The third-order valence-electron chi connectivity index (χ3n) is 4.47. The van der Waals surface area contributed by atoms with Crippen LogP contribution in [0.25, 0.3) is 0 Å². The molecule has 1 saturated heterocycles. The van der Waals surface area contributed by atoms with Crippen molar-refractivity contribution in [3.8, 4) is 0 Å². The third-order valence-corrected chi connectivity index (χ3v) is 4.47. The first kappa shape index (κ1) is 13.2. The standard InChI is InChI=1S/C15H20N2O3/c1-14(19)15(10-6-3-7-11-15)20-13(18)16-17(14)12-8-4-2-5-9-12/h2,4-5,8-9,19H,3,6-7,10-11H2,1H3,(H,16,18)/t14-/m1/s1. The van der Waals surface area contributed by atoms with Crippen molar-refractivity contribution in [3.05, 3.63) is 30.3 Å². The molecule has 1 saturated carbocycles. The van der Waals surface area contributed by atoms with Gasteiger partial charge in [-0.25, -0.2) is 15.2 Å². The highest BCUT2D eigenvalue weighted by Crippen LogP contribution is 2.44. The molecule has 0 bridgehead atoms. The Morgan fingerprint density at radius 2 is 1.85 bits per heavy atom. The van der Waals surface area contributed by atoms with E-state index in [9.17, 15) is 9.90 Å². The Bertz CT molecular complexity index is 495. The average Bonchev–Trinajstić information content (AvgIpc) is 2.45. The number of nitrogens with zero attached hydrogens (tertiary/aromatic N) is 1. The van der Waals surface area contributed by atoms with Crippen LogP contribution in [0.4, 0.5) is 10.5 Å². The molecule has 1 spiro atoms. The van der Waals surface area contributed by atoms with E-state index in [0.29, 0.717) is 12.8 Å². The molecule has 2 aliphatic rings. The lowest BCUT2D eigenvalue weighted by atomic mass is 9.76. The van der Waals surface area contributed by atoms with Gasteiger partial charge >= 0.3 is 6.09 Å². The van der Waals surface area contributed by atoms with Crippen LogP contribution in [-0.2, 0) is 4.74 Å². The first-order valence-electron chi connectivity index (χ1n) is 7.12. The summed E-state index contributed by atoms with van der Waals surface area (Å²) in [4.78, 5) is 11.9. The van der Waals surface area contributed by atoms with Crippen LogP contribution in [0, 0.1) is 0 Å². The maximum absolute atomic E-state index is 11.9. The van der Waals surface area contributed by atoms with Gasteiger partial charge in [0.15, 0.2) is 11.3 Å². The van der Waals surface area contributed by atoms with Gasteiger partial charge in [0.25, 0.3) is 0 Å². The molecule has 1 atom stereocenters. The molecule has 5 heteroatoms. The number of carbonyl (C=O) groups excluding carboxylic acids is 1. The second-order valence-electron chi connectivity index (χ2n) is 5.75. The number of amides is 1. The maximum atomic E-state index is 11.9. The average molecular weight is 276 g/mol. The lowest BCUT2D eigenvalue weighted by molar-refractivity contribution is -0.181. The zero-order valence-electron chi connectivity index (χ0n) is 11.6. The molecule has 1 aromatic rings. The summed E-state index contributed by atoms with van der Waals surface area (Å²) in [6, 6.07) is 9.37. The molecule has 2 N–H and O–H groups in total. The quantitative estimate of drug-likeness (QED) is 0.827. The van der Waals surface area contributed by atoms with Gasteiger partial charge in [-0.2, -0.15) is 0 Å². The van der Waals surface area contributed by atoms with Crippen LogP contribution < -0.4 is 10.4 Å². The van der Waals surface area contributed by atoms with E-state index in [1.165, 1.54) is 5.01 Å². The number of para-hydroxylation sites is 1. The predicted octanol–water partition coefficient (Wildman–Crippen LogP) is 2.56. The van der Waals surface area contributed by atoms with Crippen molar-refractivity contribution < 1.29 is 14.6 Å². The molecule has 1 aliphatic carbocycles. The first-order chi connectivity index (χ1) is 9.55. The van der Waals surface area contributed by atoms with Gasteiger partial charge in [0.05, 0.1) is 5.69 Å². The van der Waals surface area contributed by atoms with Crippen molar-refractivity contribution in [1.82, 2.24) is 5.43 Å². The largest absolute Gasteiger partial charge is 0.437 e. The summed E-state index contributed by atoms with van der Waals surface area (Å²) < 4.78 is 5.54. The van der Waals surface area contributed by atoms with Crippen LogP contribution in [0.2, 0.25) is 0 Å². The van der Waals surface area contributed by atoms with E-state index in [0.717, 1.165) is 24.9 Å². The Hall–Kier alpha value is -1.75. The van der Waals surface area contributed by atoms with Gasteiger partial charge in [-0.15, -0.1) is 0 Å². The molecule has 1 amide bonds. The van der Waals surface area contributed by atoms with E-state index in [1.54, 1.807) is 6.92 Å². The zero-order chi connectivity index (χ0) is 14.2. The van der Waals surface area contributed by atoms with E-state index >= 15 is 0 Å². The molecule has 20 heavy (non-hydrogen) atoms. The number of nitrogens with one attached hydrogen (secondary N) is 1. The molecule has 0 unspecified atom stereocenters. The summed E-state index contributed by atoms with van der Waals surface area (Å²) in [5.74, 6) is 0. The topological polar surface area (TPSA) is 61.8 Å². The van der Waals surface area contributed by atoms with Crippen LogP contribution >= 0.6 is 0 Å². The molecule has 3 rings (SSSR count). The fraction of sp³-hybridized carbons (Fsp3) is 0.533. The summed E-state index contributed by atoms with van der Waals surface area (Å²) >= 11 is 0. The highest BCUT2D eigenvalue weighted by molar-refractivity contribution is 5.73. The highest BCUT2D eigenvalue weighted by Gasteiger charge is 2.58. The Morgan fingerprint density at radius 1 is 1.20 bits per heavy atom. The van der Waals surface area contributed by atoms with Crippen molar-refractivity contribution in [3.63, 3.8) is 0 Å². The van der Waals surface area contributed by atoms with Crippen molar-refractivity contribution in [2.24, 2.45) is 0 Å². The molecule has 0 radical (unpaired) electrons. The van der Waals surface area contributed by atoms with E-state index in [4.69, 9.17) is 4.74 Å². The molecule has 2 fully saturated rings. The Kier molecular flexibility index (Phi) is 3.09. The summed E-state index contributed by atoms with van der Waals surface area (Å²) in [6.07, 6.45) is 3.93. The second-order valence-corrected chi connectivity index (χ2v) is 5.75. The smallest absolute Gasteiger partial charge is 0.426 e. The van der Waals surface area contributed by atoms with Crippen LogP contribution in [0.15, 0.2) is 30.3 Å². The van der Waals surface area contributed by atoms with Gasteiger partial charge in [0, 0.05) is 0 Å². The van der Waals surface area contributed by atoms with E-state index in [1.807, 2.05) is 30.3 Å². The van der Waals surface area contributed by atoms with Gasteiger partial charge in [0.1, 0.15) is 0 Å². The zero-order valence-corrected chi connectivity index (χ0v) is 11.6. The fourth-order valence-electron chi connectivity index (χ4n) is 3.29. The van der Waals surface area contributed by atoms with E-state index in [2.05, 4.69) is 5.43 Å². The maximum Gasteiger partial charge on any atom is 0.426 e. The SMILES string of the molecule is C[C@]1(O)N(c2ccccc2)NC(=O)OC12CCCCC2. The van der Waals surface area contributed by atoms with Gasteiger partial charge in [-0.3, -0.25) is 0 Å². The molecular weight excluding hydrogens is 256 g/mol. The van der Waals surface area contributed by atoms with Crippen LogP contribution in [-0.4, -0.2) is 22.5 Å². The number of hydrazine groups is 1. The van der Waals surface area contributed by atoms with Gasteiger partial charge in [-0.1, -0.05) is 24.6 Å². The van der Waals surface area contributed by atoms with Crippen LogP contribution in [0.1, 0.15) is 39.0 Å². The van der Waals surface area contributed by atoms with Crippen LogP contribution in [0.3, 0.4) is 0 Å². The Morgan fingerprint density at radius 3 is 2.50 bits per heavy atom. The Labute approximate surface area is 118 Å². The van der Waals surface area contributed by atoms with E-state index < -0.39 is 17.4 Å². The molecule has 1 aromatic carbocycles. The van der Waals surface area contributed by atoms with Crippen molar-refractivity contribution in [2.75, 3.05) is 5.01 Å². The van der Waals surface area contributed by atoms with Crippen molar-refractivity contribution >= 4 is 11.8 Å². The lowest BCUT2D eigenvalue weighted by Gasteiger charge is -2.55. The molecule has 1 heterocycles. The first-order valence-corrected chi connectivity index (χ1v) is 7.12. The monoisotopic (exact) mass is 276 g/mol. The van der Waals surface area contributed by atoms with Gasteiger partial charge in [0.2, 0.25) is 0 Å². The predicted molar refractivity (Wildman–Crippen MR) is 75.0 cm³/mol. The van der Waals surface area contributed by atoms with Crippen molar-refractivity contribution in [1.29, 1.82) is 0 Å². The number of aliphatic hydroxyl groups is 1. The fourth-order valence-corrected chi connectivity index (χ4v) is 3.29. The van der Waals surface area contributed by atoms with Gasteiger partial charge < -0.3 is 9.84 Å². The van der Waals surface area contributed by atoms with Gasteiger partial charge in [-0.05, 0) is 44.7 Å². The molecule has 0 aromatic heterocycles. The number of benzene rings is 1. The highest BCUT2D eigenvalue weighted by atomic mass is 16.6. The van der Waals surface area contributed by atoms with Crippen LogP contribution in [0.5, 0.6) is 0 Å². The molecule has 1 aliphatic heterocycles. The Balaban J connectivity index is 2.00. The molecular formula is C15H20N2O3.